The van der Waals surface area contributed by atoms with Gasteiger partial charge in [-0.1, -0.05) is 6.07 Å². The smallest absolute Gasteiger partial charge is 0.256 e. The van der Waals surface area contributed by atoms with Gasteiger partial charge in [-0.15, -0.1) is 0 Å². The summed E-state index contributed by atoms with van der Waals surface area (Å²) in [6.07, 6.45) is 1.67. The van der Waals surface area contributed by atoms with E-state index in [2.05, 4.69) is 10.3 Å². The molecule has 0 aliphatic rings. The Bertz CT molecular complexity index is 635. The largest absolute Gasteiger partial charge is 0.398 e. The minimum Gasteiger partial charge on any atom is -0.398 e. The van der Waals surface area contributed by atoms with Crippen molar-refractivity contribution >= 4 is 17.3 Å². The van der Waals surface area contributed by atoms with Crippen LogP contribution in [0.25, 0.3) is 0 Å². The molecule has 4 nitrogen and oxygen atoms in total. The minimum absolute atomic E-state index is 0.158. The average Bonchev–Trinajstić information content (AvgIpc) is 2.33. The summed E-state index contributed by atoms with van der Waals surface area (Å²) in [6, 6.07) is 7.22. The van der Waals surface area contributed by atoms with Crippen molar-refractivity contribution in [3.8, 4) is 0 Å². The fraction of sp³-hybridized carbons (Fsp3) is 0.200. The zero-order chi connectivity index (χ0) is 14.0. The second-order valence-corrected chi connectivity index (χ2v) is 4.66. The summed E-state index contributed by atoms with van der Waals surface area (Å²) in [7, 11) is 0. The Morgan fingerprint density at radius 1 is 1.16 bits per heavy atom. The van der Waals surface area contributed by atoms with E-state index in [0.717, 1.165) is 22.5 Å². The Kier molecular flexibility index (Phi) is 3.51. The van der Waals surface area contributed by atoms with E-state index in [-0.39, 0.29) is 5.91 Å². The predicted molar refractivity (Wildman–Crippen MR) is 77.3 cm³/mol. The van der Waals surface area contributed by atoms with Crippen LogP contribution in [0.1, 0.15) is 27.2 Å². The highest BCUT2D eigenvalue weighted by Crippen LogP contribution is 2.19. The Hall–Kier alpha value is -2.36. The second kappa shape index (κ2) is 5.10. The maximum absolute atomic E-state index is 12.2. The van der Waals surface area contributed by atoms with Crippen LogP contribution < -0.4 is 11.1 Å². The lowest BCUT2D eigenvalue weighted by molar-refractivity contribution is 0.102. The number of benzene rings is 1. The van der Waals surface area contributed by atoms with Crippen molar-refractivity contribution in [3.05, 3.63) is 52.8 Å². The van der Waals surface area contributed by atoms with Crippen LogP contribution in [-0.4, -0.2) is 10.9 Å². The van der Waals surface area contributed by atoms with E-state index >= 15 is 0 Å². The molecule has 0 bridgehead atoms. The van der Waals surface area contributed by atoms with Crippen molar-refractivity contribution in [2.75, 3.05) is 11.1 Å². The molecule has 2 aromatic rings. The van der Waals surface area contributed by atoms with E-state index in [1.54, 1.807) is 18.3 Å². The fourth-order valence-corrected chi connectivity index (χ4v) is 1.94. The summed E-state index contributed by atoms with van der Waals surface area (Å²) in [5.41, 5.74) is 10.6. The van der Waals surface area contributed by atoms with Crippen LogP contribution in [0.4, 0.5) is 11.4 Å². The number of aromatic nitrogens is 1. The van der Waals surface area contributed by atoms with Crippen LogP contribution in [0.5, 0.6) is 0 Å². The maximum atomic E-state index is 12.2. The summed E-state index contributed by atoms with van der Waals surface area (Å²) in [4.78, 5) is 16.3. The molecule has 0 atom stereocenters. The molecule has 2 rings (SSSR count). The molecule has 1 aromatic carbocycles. The second-order valence-electron chi connectivity index (χ2n) is 4.66. The number of aryl methyl sites for hydroxylation is 3. The predicted octanol–water partition coefficient (Wildman–Crippen LogP) is 2.84. The van der Waals surface area contributed by atoms with Gasteiger partial charge in [-0.25, -0.2) is 0 Å². The zero-order valence-electron chi connectivity index (χ0n) is 11.3. The normalized spacial score (nSPS) is 10.3. The molecule has 19 heavy (non-hydrogen) atoms. The van der Waals surface area contributed by atoms with E-state index in [1.165, 1.54) is 0 Å². The van der Waals surface area contributed by atoms with E-state index in [1.807, 2.05) is 32.9 Å². The van der Waals surface area contributed by atoms with Gasteiger partial charge in [-0.05, 0) is 50.1 Å². The quantitative estimate of drug-likeness (QED) is 0.811. The number of carbonyl (C=O) groups is 1. The van der Waals surface area contributed by atoms with Crippen LogP contribution >= 0.6 is 0 Å². The third-order valence-electron chi connectivity index (χ3n) is 3.01. The van der Waals surface area contributed by atoms with Crippen molar-refractivity contribution in [3.63, 3.8) is 0 Å². The lowest BCUT2D eigenvalue weighted by Gasteiger charge is -2.10. The minimum atomic E-state index is -0.158. The molecule has 0 aliphatic heterocycles. The molecular weight excluding hydrogens is 238 g/mol. The molecule has 0 fully saturated rings. The topological polar surface area (TPSA) is 68.0 Å². The standard InChI is InChI=1S/C15H17N3O/c1-9-6-10(2)14(16)8-13(9)15(19)18-12-4-5-17-11(3)7-12/h4-8H,16H2,1-3H3,(H,17,18,19). The number of nitrogens with two attached hydrogens (primary N) is 1. The number of anilines is 2. The molecule has 0 aliphatic carbocycles. The highest BCUT2D eigenvalue weighted by Gasteiger charge is 2.11. The molecule has 0 radical (unpaired) electrons. The molecule has 0 spiro atoms. The van der Waals surface area contributed by atoms with Gasteiger partial charge >= 0.3 is 0 Å². The van der Waals surface area contributed by atoms with Gasteiger partial charge in [0.25, 0.3) is 5.91 Å². The molecule has 0 saturated carbocycles. The summed E-state index contributed by atoms with van der Waals surface area (Å²) < 4.78 is 0. The van der Waals surface area contributed by atoms with E-state index in [0.29, 0.717) is 11.3 Å². The van der Waals surface area contributed by atoms with E-state index in [4.69, 9.17) is 5.73 Å². The first-order chi connectivity index (χ1) is 8.97. The number of nitrogens with zero attached hydrogens (tertiary/aromatic N) is 1. The lowest BCUT2D eigenvalue weighted by Crippen LogP contribution is -2.14. The zero-order valence-corrected chi connectivity index (χ0v) is 11.3. The molecule has 3 N–H and O–H groups in total. The van der Waals surface area contributed by atoms with Gasteiger partial charge in [-0.3, -0.25) is 9.78 Å². The van der Waals surface area contributed by atoms with Gasteiger partial charge in [0, 0.05) is 28.8 Å². The van der Waals surface area contributed by atoms with Crippen LogP contribution in [0, 0.1) is 20.8 Å². The summed E-state index contributed by atoms with van der Waals surface area (Å²) >= 11 is 0. The Morgan fingerprint density at radius 2 is 1.89 bits per heavy atom. The highest BCUT2D eigenvalue weighted by molar-refractivity contribution is 6.05. The van der Waals surface area contributed by atoms with Crippen LogP contribution in [0.15, 0.2) is 30.5 Å². The van der Waals surface area contributed by atoms with Crippen molar-refractivity contribution < 1.29 is 4.79 Å². The molecule has 4 heteroatoms. The number of nitrogens with one attached hydrogen (secondary N) is 1. The Labute approximate surface area is 112 Å². The SMILES string of the molecule is Cc1cc(NC(=O)c2cc(N)c(C)cc2C)ccn1. The van der Waals surface area contributed by atoms with Crippen LogP contribution in [-0.2, 0) is 0 Å². The van der Waals surface area contributed by atoms with Gasteiger partial charge in [0.05, 0.1) is 0 Å². The van der Waals surface area contributed by atoms with E-state index in [9.17, 15) is 4.79 Å². The fourth-order valence-electron chi connectivity index (χ4n) is 1.94. The number of nitrogen functional groups attached to an aromatic ring is 1. The van der Waals surface area contributed by atoms with Gasteiger partial charge in [0.1, 0.15) is 0 Å². The van der Waals surface area contributed by atoms with E-state index < -0.39 is 0 Å². The lowest BCUT2D eigenvalue weighted by atomic mass is 10.0. The molecule has 0 unspecified atom stereocenters. The van der Waals surface area contributed by atoms with Crippen LogP contribution in [0.2, 0.25) is 0 Å². The first-order valence-corrected chi connectivity index (χ1v) is 6.08. The Morgan fingerprint density at radius 3 is 2.58 bits per heavy atom. The van der Waals surface area contributed by atoms with Gasteiger partial charge in [0.15, 0.2) is 0 Å². The number of hydrogen-bond acceptors (Lipinski definition) is 3. The first-order valence-electron chi connectivity index (χ1n) is 6.08. The molecule has 1 heterocycles. The van der Waals surface area contributed by atoms with Gasteiger partial charge in [0.2, 0.25) is 0 Å². The van der Waals surface area contributed by atoms with Crippen molar-refractivity contribution in [2.24, 2.45) is 0 Å². The Balaban J connectivity index is 2.28. The first kappa shape index (κ1) is 13.1. The maximum Gasteiger partial charge on any atom is 0.256 e. The van der Waals surface area contributed by atoms with Gasteiger partial charge < -0.3 is 11.1 Å². The number of carbonyl (C=O) groups excluding carboxylic acids is 1. The highest BCUT2D eigenvalue weighted by atomic mass is 16.1. The summed E-state index contributed by atoms with van der Waals surface area (Å²) in [6.45, 7) is 5.71. The molecule has 0 saturated heterocycles. The summed E-state index contributed by atoms with van der Waals surface area (Å²) in [5.74, 6) is -0.158. The number of amides is 1. The third kappa shape index (κ3) is 2.91. The van der Waals surface area contributed by atoms with Crippen molar-refractivity contribution in [1.82, 2.24) is 4.98 Å². The molecule has 98 valence electrons. The molecular formula is C15H17N3O. The van der Waals surface area contributed by atoms with Crippen molar-refractivity contribution in [1.29, 1.82) is 0 Å². The third-order valence-corrected chi connectivity index (χ3v) is 3.01. The average molecular weight is 255 g/mol. The molecule has 1 aromatic heterocycles. The monoisotopic (exact) mass is 255 g/mol. The van der Waals surface area contributed by atoms with Gasteiger partial charge in [-0.2, -0.15) is 0 Å². The van der Waals surface area contributed by atoms with Crippen LogP contribution in [0.3, 0.4) is 0 Å². The number of hydrogen-bond donors (Lipinski definition) is 2. The summed E-state index contributed by atoms with van der Waals surface area (Å²) in [5, 5.41) is 2.85. The number of rotatable bonds is 2. The molecule has 1 amide bonds. The number of pyridine rings is 1. The van der Waals surface area contributed by atoms with Crippen molar-refractivity contribution in [2.45, 2.75) is 20.8 Å².